The van der Waals surface area contributed by atoms with E-state index in [4.69, 9.17) is 9.29 Å². The number of aliphatic hydroxyl groups excluding tert-OH is 1. The SMILES string of the molecule is CC(O)CNc1ccc(S(=O)(=O)Oc2ccc3nc(N(C)C(=O)O)[nH]c3c2)cc1. The summed E-state index contributed by atoms with van der Waals surface area (Å²) in [5.74, 6) is 0.162. The molecule has 3 aromatic rings. The summed E-state index contributed by atoms with van der Waals surface area (Å²) < 4.78 is 30.2. The molecule has 29 heavy (non-hydrogen) atoms. The number of aliphatic hydroxyl groups is 1. The van der Waals surface area contributed by atoms with Crippen LogP contribution in [0.25, 0.3) is 11.0 Å². The van der Waals surface area contributed by atoms with Gasteiger partial charge in [-0.05, 0) is 43.3 Å². The Bertz CT molecular complexity index is 1120. The molecule has 1 atom stereocenters. The fourth-order valence-corrected chi connectivity index (χ4v) is 3.38. The number of aromatic nitrogens is 2. The van der Waals surface area contributed by atoms with Gasteiger partial charge in [-0.25, -0.2) is 9.78 Å². The first kappa shape index (κ1) is 20.4. The smallest absolute Gasteiger partial charge is 0.413 e. The average Bonchev–Trinajstić information content (AvgIpc) is 3.09. The highest BCUT2D eigenvalue weighted by molar-refractivity contribution is 7.87. The molecule has 0 spiro atoms. The van der Waals surface area contributed by atoms with E-state index < -0.39 is 22.3 Å². The molecule has 0 aliphatic carbocycles. The van der Waals surface area contributed by atoms with Crippen LogP contribution in [0.15, 0.2) is 47.4 Å². The number of fused-ring (bicyclic) bond motifs is 1. The van der Waals surface area contributed by atoms with Crippen LogP contribution in [0.4, 0.5) is 16.4 Å². The molecule has 1 unspecified atom stereocenters. The van der Waals surface area contributed by atoms with Crippen molar-refractivity contribution < 1.29 is 27.6 Å². The minimum atomic E-state index is -4.07. The molecular weight excluding hydrogens is 400 g/mol. The Morgan fingerprint density at radius 3 is 2.59 bits per heavy atom. The normalized spacial score (nSPS) is 12.5. The van der Waals surface area contributed by atoms with Crippen molar-refractivity contribution >= 4 is 38.9 Å². The second-order valence-electron chi connectivity index (χ2n) is 6.37. The van der Waals surface area contributed by atoms with Gasteiger partial charge in [0.15, 0.2) is 0 Å². The van der Waals surface area contributed by atoms with Gasteiger partial charge in [0, 0.05) is 25.3 Å². The maximum atomic E-state index is 12.5. The molecule has 0 aliphatic heterocycles. The molecule has 0 saturated heterocycles. The summed E-state index contributed by atoms with van der Waals surface area (Å²) in [6, 6.07) is 10.3. The Morgan fingerprint density at radius 1 is 1.28 bits per heavy atom. The first-order valence-corrected chi connectivity index (χ1v) is 9.99. The van der Waals surface area contributed by atoms with E-state index in [0.717, 1.165) is 4.90 Å². The van der Waals surface area contributed by atoms with E-state index in [9.17, 15) is 18.3 Å². The van der Waals surface area contributed by atoms with Gasteiger partial charge in [-0.1, -0.05) is 0 Å². The Kier molecular flexibility index (Phi) is 5.62. The number of aromatic amines is 1. The Labute approximate surface area is 166 Å². The summed E-state index contributed by atoms with van der Waals surface area (Å²) in [4.78, 5) is 18.8. The minimum Gasteiger partial charge on any atom is -0.465 e. The van der Waals surface area contributed by atoms with Crippen LogP contribution in [-0.4, -0.2) is 54.4 Å². The van der Waals surface area contributed by atoms with Crippen molar-refractivity contribution in [3.05, 3.63) is 42.5 Å². The molecule has 0 radical (unpaired) electrons. The molecular formula is C18H20N4O6S. The molecule has 3 rings (SSSR count). The third-order valence-corrected chi connectivity index (χ3v) is 5.26. The van der Waals surface area contributed by atoms with Crippen molar-refractivity contribution in [2.75, 3.05) is 23.8 Å². The number of carboxylic acid groups (broad SMARTS) is 1. The number of H-pyrrole nitrogens is 1. The maximum Gasteiger partial charge on any atom is 0.413 e. The predicted molar refractivity (Wildman–Crippen MR) is 107 cm³/mol. The molecule has 0 aliphatic rings. The lowest BCUT2D eigenvalue weighted by molar-refractivity contribution is 0.203. The second kappa shape index (κ2) is 7.97. The molecule has 0 saturated carbocycles. The molecule has 1 heterocycles. The van der Waals surface area contributed by atoms with E-state index in [0.29, 0.717) is 23.3 Å². The van der Waals surface area contributed by atoms with Crippen molar-refractivity contribution in [2.45, 2.75) is 17.9 Å². The Hall–Kier alpha value is -3.31. The minimum absolute atomic E-state index is 0.0314. The number of carbonyl (C=O) groups is 1. The number of hydrogen-bond acceptors (Lipinski definition) is 7. The number of nitrogens with one attached hydrogen (secondary N) is 2. The maximum absolute atomic E-state index is 12.5. The molecule has 10 nitrogen and oxygen atoms in total. The van der Waals surface area contributed by atoms with Crippen molar-refractivity contribution in [1.29, 1.82) is 0 Å². The first-order chi connectivity index (χ1) is 13.7. The zero-order chi connectivity index (χ0) is 21.2. The molecule has 0 bridgehead atoms. The predicted octanol–water partition coefficient (Wildman–Crippen LogP) is 2.24. The average molecular weight is 420 g/mol. The van der Waals surface area contributed by atoms with Gasteiger partial charge in [0.2, 0.25) is 5.95 Å². The van der Waals surface area contributed by atoms with Gasteiger partial charge in [0.25, 0.3) is 0 Å². The summed E-state index contributed by atoms with van der Waals surface area (Å²) in [7, 11) is -2.73. The number of benzene rings is 2. The first-order valence-electron chi connectivity index (χ1n) is 8.58. The van der Waals surface area contributed by atoms with Gasteiger partial charge in [0.05, 0.1) is 17.1 Å². The van der Waals surface area contributed by atoms with Crippen LogP contribution in [0.3, 0.4) is 0 Å². The summed E-state index contributed by atoms with van der Waals surface area (Å²) in [6.45, 7) is 1.98. The lowest BCUT2D eigenvalue weighted by Crippen LogP contribution is -2.24. The second-order valence-corrected chi connectivity index (χ2v) is 7.92. The number of rotatable bonds is 7. The monoisotopic (exact) mass is 420 g/mol. The summed E-state index contributed by atoms with van der Waals surface area (Å²) >= 11 is 0. The van der Waals surface area contributed by atoms with Gasteiger partial charge >= 0.3 is 16.2 Å². The van der Waals surface area contributed by atoms with Crippen molar-refractivity contribution in [3.63, 3.8) is 0 Å². The van der Waals surface area contributed by atoms with Crippen LogP contribution in [0.2, 0.25) is 0 Å². The van der Waals surface area contributed by atoms with Gasteiger partial charge in [0.1, 0.15) is 10.6 Å². The van der Waals surface area contributed by atoms with E-state index in [1.807, 2.05) is 0 Å². The van der Waals surface area contributed by atoms with E-state index in [-0.39, 0.29) is 16.6 Å². The highest BCUT2D eigenvalue weighted by atomic mass is 32.2. The molecule has 2 aromatic carbocycles. The summed E-state index contributed by atoms with van der Waals surface area (Å²) in [6.07, 6.45) is -1.72. The third-order valence-electron chi connectivity index (χ3n) is 4.00. The van der Waals surface area contributed by atoms with Crippen molar-refractivity contribution in [2.24, 2.45) is 0 Å². The lowest BCUT2D eigenvalue weighted by Gasteiger charge is -2.10. The van der Waals surface area contributed by atoms with Crippen LogP contribution >= 0.6 is 0 Å². The largest absolute Gasteiger partial charge is 0.465 e. The van der Waals surface area contributed by atoms with Crippen molar-refractivity contribution in [1.82, 2.24) is 9.97 Å². The van der Waals surface area contributed by atoms with E-state index in [1.165, 1.54) is 37.4 Å². The highest BCUT2D eigenvalue weighted by Crippen LogP contribution is 2.25. The fraction of sp³-hybridized carbons (Fsp3) is 0.222. The van der Waals surface area contributed by atoms with Crippen LogP contribution < -0.4 is 14.4 Å². The zero-order valence-electron chi connectivity index (χ0n) is 15.7. The molecule has 0 fully saturated rings. The zero-order valence-corrected chi connectivity index (χ0v) is 16.5. The Balaban J connectivity index is 1.79. The number of imidazole rings is 1. The number of anilines is 2. The topological polar surface area (TPSA) is 145 Å². The molecule has 1 amide bonds. The third kappa shape index (κ3) is 4.76. The van der Waals surface area contributed by atoms with Crippen LogP contribution in [0.1, 0.15) is 6.92 Å². The highest BCUT2D eigenvalue weighted by Gasteiger charge is 2.18. The quantitative estimate of drug-likeness (QED) is 0.426. The van der Waals surface area contributed by atoms with Gasteiger partial charge in [-0.3, -0.25) is 4.90 Å². The van der Waals surface area contributed by atoms with E-state index >= 15 is 0 Å². The van der Waals surface area contributed by atoms with Crippen molar-refractivity contribution in [3.8, 4) is 5.75 Å². The molecule has 4 N–H and O–H groups in total. The number of hydrogen-bond donors (Lipinski definition) is 4. The van der Waals surface area contributed by atoms with Crippen LogP contribution in [0, 0.1) is 0 Å². The van der Waals surface area contributed by atoms with Gasteiger partial charge in [-0.2, -0.15) is 8.42 Å². The number of amides is 1. The summed E-state index contributed by atoms with van der Waals surface area (Å²) in [5, 5.41) is 21.3. The van der Waals surface area contributed by atoms with Gasteiger partial charge < -0.3 is 24.7 Å². The molecule has 154 valence electrons. The van der Waals surface area contributed by atoms with E-state index in [1.54, 1.807) is 19.1 Å². The van der Waals surface area contributed by atoms with Crippen LogP contribution in [-0.2, 0) is 10.1 Å². The van der Waals surface area contributed by atoms with Crippen LogP contribution in [0.5, 0.6) is 5.75 Å². The lowest BCUT2D eigenvalue weighted by atomic mass is 10.3. The number of nitrogens with zero attached hydrogens (tertiary/aromatic N) is 2. The molecule has 1 aromatic heterocycles. The van der Waals surface area contributed by atoms with Gasteiger partial charge in [-0.15, -0.1) is 0 Å². The van der Waals surface area contributed by atoms with E-state index in [2.05, 4.69) is 15.3 Å². The molecule has 11 heteroatoms. The summed E-state index contributed by atoms with van der Waals surface area (Å²) in [5.41, 5.74) is 1.56. The standard InChI is InChI=1S/C18H20N4O6S/c1-11(23)10-19-12-3-6-14(7-4-12)29(26,27)28-13-5-8-15-16(9-13)21-17(20-15)22(2)18(24)25/h3-9,11,19,23H,10H2,1-2H3,(H,20,21)(H,24,25). The fourth-order valence-electron chi connectivity index (χ4n) is 2.46. The Morgan fingerprint density at radius 2 is 1.97 bits per heavy atom.